The Morgan fingerprint density at radius 1 is 1.19 bits per heavy atom. The van der Waals surface area contributed by atoms with Crippen LogP contribution in [0.3, 0.4) is 0 Å². The molecule has 3 aliphatic rings. The molecule has 0 radical (unpaired) electrons. The minimum absolute atomic E-state index is 0.169. The Hall–Kier alpha value is -3.00. The molecule has 2 unspecified atom stereocenters. The smallest absolute Gasteiger partial charge is 0.273 e. The van der Waals surface area contributed by atoms with Gasteiger partial charge in [0.15, 0.2) is 5.41 Å². The number of anilines is 2. The fourth-order valence-electron chi connectivity index (χ4n) is 4.38. The van der Waals surface area contributed by atoms with Crippen molar-refractivity contribution in [1.29, 1.82) is 0 Å². The molecule has 2 atom stereocenters. The van der Waals surface area contributed by atoms with Crippen LogP contribution in [0.15, 0.2) is 48.5 Å². The number of carbonyl (C=O) groups is 2. The van der Waals surface area contributed by atoms with Gasteiger partial charge in [0, 0.05) is 24.2 Å². The van der Waals surface area contributed by atoms with Crippen LogP contribution in [0.4, 0.5) is 20.2 Å². The van der Waals surface area contributed by atoms with Gasteiger partial charge in [-0.1, -0.05) is 19.1 Å². The van der Waals surface area contributed by atoms with Crippen molar-refractivity contribution in [1.82, 2.24) is 5.01 Å². The number of nitrogens with one attached hydrogen (secondary N) is 1. The van der Waals surface area contributed by atoms with E-state index in [4.69, 9.17) is 4.74 Å². The van der Waals surface area contributed by atoms with Crippen LogP contribution in [0.5, 0.6) is 5.75 Å². The Bertz CT molecular complexity index is 1040. The molecule has 6 nitrogen and oxygen atoms in total. The van der Waals surface area contributed by atoms with E-state index in [1.54, 1.807) is 37.4 Å². The van der Waals surface area contributed by atoms with E-state index in [-0.39, 0.29) is 30.1 Å². The predicted octanol–water partition coefficient (Wildman–Crippen LogP) is 4.18. The molecule has 2 bridgehead atoms. The number of hydrogen-bond donors (Lipinski definition) is 1. The minimum Gasteiger partial charge on any atom is -0.497 e. The molecule has 164 valence electrons. The number of carbonyl (C=O) groups excluding carboxylic acids is 2. The quantitative estimate of drug-likeness (QED) is 0.700. The molecule has 2 aromatic carbocycles. The summed E-state index contributed by atoms with van der Waals surface area (Å²) >= 11 is 0. The van der Waals surface area contributed by atoms with Gasteiger partial charge < -0.3 is 10.1 Å². The van der Waals surface area contributed by atoms with E-state index in [1.165, 1.54) is 30.1 Å². The van der Waals surface area contributed by atoms with E-state index in [0.29, 0.717) is 11.4 Å². The molecule has 3 fully saturated rings. The fraction of sp³-hybridized carbons (Fsp3) is 0.391. The molecule has 0 saturated carbocycles. The summed E-state index contributed by atoms with van der Waals surface area (Å²) < 4.78 is 33.3. The van der Waals surface area contributed by atoms with Crippen LogP contribution in [0.2, 0.25) is 0 Å². The summed E-state index contributed by atoms with van der Waals surface area (Å²) in [5, 5.41) is 6.07. The Labute approximate surface area is 179 Å². The summed E-state index contributed by atoms with van der Waals surface area (Å²) in [6, 6.07) is 12.6. The largest absolute Gasteiger partial charge is 0.497 e. The fourth-order valence-corrected chi connectivity index (χ4v) is 4.38. The van der Waals surface area contributed by atoms with Crippen molar-refractivity contribution in [2.75, 3.05) is 24.0 Å². The molecule has 8 heteroatoms. The third-order valence-corrected chi connectivity index (χ3v) is 6.57. The molecule has 3 heterocycles. The second kappa shape index (κ2) is 7.02. The standard InChI is InChI=1S/C23H25F2N3O3/c1-5-23(24,25)15-7-6-8-16(13-15)26-19(29)22-14-27(21(22,2)3)28(20(22)30)17-9-11-18(31-4)12-10-17/h6-13H,5,14H2,1-4H3,(H,26,29). The average molecular weight is 429 g/mol. The van der Waals surface area contributed by atoms with Crippen molar-refractivity contribution in [2.24, 2.45) is 5.41 Å². The zero-order valence-electron chi connectivity index (χ0n) is 17.9. The van der Waals surface area contributed by atoms with Gasteiger partial charge >= 0.3 is 0 Å². The normalized spacial score (nSPS) is 24.0. The van der Waals surface area contributed by atoms with Crippen LogP contribution in [-0.2, 0) is 15.5 Å². The maximum atomic E-state index is 14.1. The van der Waals surface area contributed by atoms with Crippen molar-refractivity contribution in [3.05, 3.63) is 54.1 Å². The van der Waals surface area contributed by atoms with Gasteiger partial charge in [0.25, 0.3) is 11.8 Å². The maximum Gasteiger partial charge on any atom is 0.273 e. The molecule has 1 N–H and O–H groups in total. The number of rotatable bonds is 6. The number of hydrogen-bond acceptors (Lipinski definition) is 4. The van der Waals surface area contributed by atoms with Gasteiger partial charge in [-0.3, -0.25) is 9.59 Å². The Morgan fingerprint density at radius 2 is 1.87 bits per heavy atom. The van der Waals surface area contributed by atoms with E-state index >= 15 is 0 Å². The monoisotopic (exact) mass is 429 g/mol. The average Bonchev–Trinajstić information content (AvgIpc) is 3.18. The number of hydrazine groups is 1. The molecule has 3 saturated heterocycles. The van der Waals surface area contributed by atoms with Crippen LogP contribution in [-0.4, -0.2) is 36.0 Å². The van der Waals surface area contributed by atoms with Crippen molar-refractivity contribution in [2.45, 2.75) is 38.7 Å². The highest BCUT2D eigenvalue weighted by Crippen LogP contribution is 2.57. The number of methoxy groups -OCH3 is 1. The van der Waals surface area contributed by atoms with E-state index in [2.05, 4.69) is 5.32 Å². The summed E-state index contributed by atoms with van der Waals surface area (Å²) in [6.07, 6.45) is -0.342. The zero-order valence-corrected chi connectivity index (χ0v) is 17.9. The Kier molecular flexibility index (Phi) is 4.81. The lowest BCUT2D eigenvalue weighted by molar-refractivity contribution is -0.151. The van der Waals surface area contributed by atoms with Gasteiger partial charge in [-0.15, -0.1) is 0 Å². The minimum atomic E-state index is -2.99. The van der Waals surface area contributed by atoms with E-state index in [9.17, 15) is 18.4 Å². The van der Waals surface area contributed by atoms with E-state index in [1.807, 2.05) is 18.9 Å². The third kappa shape index (κ3) is 2.92. The van der Waals surface area contributed by atoms with E-state index < -0.39 is 22.8 Å². The van der Waals surface area contributed by atoms with Crippen LogP contribution in [0.25, 0.3) is 0 Å². The molecule has 2 amide bonds. The molecular weight excluding hydrogens is 404 g/mol. The van der Waals surface area contributed by atoms with Crippen molar-refractivity contribution >= 4 is 23.2 Å². The lowest BCUT2D eigenvalue weighted by Crippen LogP contribution is -2.70. The van der Waals surface area contributed by atoms with Crippen LogP contribution >= 0.6 is 0 Å². The zero-order chi connectivity index (χ0) is 22.6. The topological polar surface area (TPSA) is 61.9 Å². The second-order valence-electron chi connectivity index (χ2n) is 8.43. The molecule has 3 aliphatic heterocycles. The number of fused-ring (bicyclic) bond motifs is 1. The van der Waals surface area contributed by atoms with Crippen LogP contribution in [0.1, 0.15) is 32.8 Å². The first-order valence-corrected chi connectivity index (χ1v) is 10.1. The highest BCUT2D eigenvalue weighted by molar-refractivity contribution is 6.20. The van der Waals surface area contributed by atoms with Gasteiger partial charge in [-0.05, 0) is 50.2 Å². The summed E-state index contributed by atoms with van der Waals surface area (Å²) in [5.74, 6) is -3.16. The summed E-state index contributed by atoms with van der Waals surface area (Å²) in [5.41, 5.74) is -1.36. The molecule has 31 heavy (non-hydrogen) atoms. The lowest BCUT2D eigenvalue weighted by Gasteiger charge is -2.52. The first-order chi connectivity index (χ1) is 14.6. The highest BCUT2D eigenvalue weighted by atomic mass is 19.3. The number of halogens is 2. The highest BCUT2D eigenvalue weighted by Gasteiger charge is 2.77. The number of amides is 2. The van der Waals surface area contributed by atoms with Gasteiger partial charge in [0.1, 0.15) is 5.75 Å². The Balaban J connectivity index is 1.61. The lowest BCUT2D eigenvalue weighted by atomic mass is 9.64. The maximum absolute atomic E-state index is 14.1. The summed E-state index contributed by atoms with van der Waals surface area (Å²) in [4.78, 5) is 26.7. The van der Waals surface area contributed by atoms with E-state index in [0.717, 1.165) is 0 Å². The van der Waals surface area contributed by atoms with Crippen molar-refractivity contribution in [3.63, 3.8) is 0 Å². The molecule has 0 spiro atoms. The van der Waals surface area contributed by atoms with Gasteiger partial charge in [-0.25, -0.2) is 18.8 Å². The Morgan fingerprint density at radius 3 is 2.45 bits per heavy atom. The second-order valence-corrected chi connectivity index (χ2v) is 8.43. The molecular formula is C23H25F2N3O3. The van der Waals surface area contributed by atoms with Gasteiger partial charge in [-0.2, -0.15) is 0 Å². The van der Waals surface area contributed by atoms with Gasteiger partial charge in [0.05, 0.1) is 18.3 Å². The third-order valence-electron chi connectivity index (χ3n) is 6.57. The molecule has 5 rings (SSSR count). The first-order valence-electron chi connectivity index (χ1n) is 10.1. The molecule has 0 aromatic heterocycles. The summed E-state index contributed by atoms with van der Waals surface area (Å²) in [7, 11) is 1.56. The van der Waals surface area contributed by atoms with Crippen LogP contribution in [0, 0.1) is 5.41 Å². The first kappa shape index (κ1) is 21.2. The number of alkyl halides is 2. The number of benzene rings is 2. The van der Waals surface area contributed by atoms with Crippen LogP contribution < -0.4 is 15.1 Å². The number of nitrogens with zero attached hydrogens (tertiary/aromatic N) is 2. The van der Waals surface area contributed by atoms with Crippen molar-refractivity contribution < 1.29 is 23.1 Å². The predicted molar refractivity (Wildman–Crippen MR) is 113 cm³/mol. The number of ether oxygens (including phenoxy) is 1. The van der Waals surface area contributed by atoms with Crippen molar-refractivity contribution in [3.8, 4) is 5.75 Å². The molecule has 0 aliphatic carbocycles. The summed E-state index contributed by atoms with van der Waals surface area (Å²) in [6.45, 7) is 5.29. The molecule has 2 aromatic rings. The van der Waals surface area contributed by atoms with Gasteiger partial charge in [0.2, 0.25) is 5.91 Å². The SMILES string of the molecule is CCC(F)(F)c1cccc(NC(=O)C23CN(N(c4ccc(OC)cc4)C2=O)C3(C)C)c1.